The van der Waals surface area contributed by atoms with Gasteiger partial charge in [-0.1, -0.05) is 81.3 Å². The highest BCUT2D eigenvalue weighted by atomic mass is 79.9. The molecule has 4 rings (SSSR count). The highest BCUT2D eigenvalue weighted by Crippen LogP contribution is 2.27. The molecule has 0 spiro atoms. The first-order valence-electron chi connectivity index (χ1n) is 10.2. The summed E-state index contributed by atoms with van der Waals surface area (Å²) in [7, 11) is 0. The number of hydrogen-bond acceptors (Lipinski definition) is 5. The Hall–Kier alpha value is -3.27. The van der Waals surface area contributed by atoms with Crippen molar-refractivity contribution in [3.05, 3.63) is 93.9 Å². The van der Waals surface area contributed by atoms with Crippen molar-refractivity contribution in [2.45, 2.75) is 12.5 Å². The highest BCUT2D eigenvalue weighted by molar-refractivity contribution is 9.10. The van der Waals surface area contributed by atoms with Gasteiger partial charge in [0.2, 0.25) is 11.0 Å². The van der Waals surface area contributed by atoms with E-state index in [1.165, 1.54) is 11.3 Å². The first-order chi connectivity index (χ1) is 16.5. The van der Waals surface area contributed by atoms with E-state index in [0.717, 1.165) is 15.6 Å². The van der Waals surface area contributed by atoms with Crippen LogP contribution in [0.2, 0.25) is 5.02 Å². The maximum atomic E-state index is 13.1. The Morgan fingerprint density at radius 2 is 1.62 bits per heavy atom. The smallest absolute Gasteiger partial charge is 0.319 e. The van der Waals surface area contributed by atoms with Crippen LogP contribution < -0.4 is 16.0 Å². The summed E-state index contributed by atoms with van der Waals surface area (Å²) >= 11 is 10.5. The number of benzene rings is 3. The Kier molecular flexibility index (Phi) is 7.89. The highest BCUT2D eigenvalue weighted by Gasteiger charge is 2.23. The molecule has 3 aromatic carbocycles. The summed E-state index contributed by atoms with van der Waals surface area (Å²) in [5.74, 6) is -0.395. The Morgan fingerprint density at radius 3 is 2.32 bits per heavy atom. The zero-order valence-corrected chi connectivity index (χ0v) is 20.8. The number of nitrogens with one attached hydrogen (secondary N) is 3. The van der Waals surface area contributed by atoms with Crippen molar-refractivity contribution in [3.63, 3.8) is 0 Å². The lowest BCUT2D eigenvalue weighted by Crippen LogP contribution is -2.46. The van der Waals surface area contributed by atoms with Crippen molar-refractivity contribution < 1.29 is 9.59 Å². The topological polar surface area (TPSA) is 96.0 Å². The van der Waals surface area contributed by atoms with Gasteiger partial charge in [0.25, 0.3) is 0 Å². The zero-order chi connectivity index (χ0) is 23.9. The van der Waals surface area contributed by atoms with Crippen molar-refractivity contribution in [2.75, 3.05) is 10.6 Å². The molecule has 0 aliphatic carbocycles. The van der Waals surface area contributed by atoms with Crippen LogP contribution in [0.1, 0.15) is 5.56 Å². The molecule has 0 aliphatic heterocycles. The molecule has 34 heavy (non-hydrogen) atoms. The summed E-state index contributed by atoms with van der Waals surface area (Å²) in [5, 5.41) is 18.1. The maximum Gasteiger partial charge on any atom is 0.319 e. The van der Waals surface area contributed by atoms with Crippen molar-refractivity contribution in [1.29, 1.82) is 0 Å². The molecule has 0 aliphatic rings. The SMILES string of the molecule is O=C(Nc1ccc(Br)cc1)N[C@H](Cc1ccccc1)C(=O)Nc1nnc(-c2ccc(Cl)cc2)s1. The second-order valence-electron chi connectivity index (χ2n) is 7.26. The first kappa shape index (κ1) is 23.9. The standard InChI is InChI=1S/C24H19BrClN5O2S/c25-17-8-12-19(13-9-17)27-23(33)28-20(14-15-4-2-1-3-5-15)21(32)29-24-31-30-22(34-24)16-6-10-18(26)11-7-16/h1-13,20H,14H2,(H2,27,28,33)(H,29,31,32)/t20-/m1/s1. The molecule has 4 aromatic rings. The van der Waals surface area contributed by atoms with Crippen molar-refractivity contribution in [2.24, 2.45) is 0 Å². The molecule has 0 unspecified atom stereocenters. The van der Waals surface area contributed by atoms with E-state index in [9.17, 15) is 9.59 Å². The van der Waals surface area contributed by atoms with Crippen LogP contribution in [0.5, 0.6) is 0 Å². The summed E-state index contributed by atoms with van der Waals surface area (Å²) in [6.45, 7) is 0. The fraction of sp³-hybridized carbons (Fsp3) is 0.0833. The predicted octanol–water partition coefficient (Wildman–Crippen LogP) is 5.99. The van der Waals surface area contributed by atoms with Gasteiger partial charge in [0, 0.05) is 27.2 Å². The number of rotatable bonds is 7. The van der Waals surface area contributed by atoms with Crippen molar-refractivity contribution in [1.82, 2.24) is 15.5 Å². The summed E-state index contributed by atoms with van der Waals surface area (Å²) in [5.41, 5.74) is 2.36. The third-order valence-electron chi connectivity index (χ3n) is 4.75. The normalized spacial score (nSPS) is 11.5. The van der Waals surface area contributed by atoms with Gasteiger partial charge in [0.05, 0.1) is 0 Å². The number of amides is 3. The molecular formula is C24H19BrClN5O2S. The quantitative estimate of drug-likeness (QED) is 0.260. The molecule has 0 radical (unpaired) electrons. The summed E-state index contributed by atoms with van der Waals surface area (Å²) in [6.07, 6.45) is 0.309. The van der Waals surface area contributed by atoms with E-state index in [-0.39, 0.29) is 0 Å². The minimum atomic E-state index is -0.833. The number of halogens is 2. The lowest BCUT2D eigenvalue weighted by atomic mass is 10.1. The summed E-state index contributed by atoms with van der Waals surface area (Å²) in [6, 6.07) is 22.5. The van der Waals surface area contributed by atoms with Crippen LogP contribution in [0.25, 0.3) is 10.6 Å². The monoisotopic (exact) mass is 555 g/mol. The van der Waals surface area contributed by atoms with Gasteiger partial charge in [-0.15, -0.1) is 10.2 Å². The maximum absolute atomic E-state index is 13.1. The van der Waals surface area contributed by atoms with E-state index >= 15 is 0 Å². The molecule has 3 amide bonds. The molecule has 0 fully saturated rings. The molecule has 1 atom stereocenters. The minimum Gasteiger partial charge on any atom is -0.326 e. The second kappa shape index (κ2) is 11.2. The number of carbonyl (C=O) groups is 2. The van der Waals surface area contributed by atoms with E-state index < -0.39 is 18.0 Å². The van der Waals surface area contributed by atoms with Gasteiger partial charge in [-0.25, -0.2) is 4.79 Å². The Bertz CT molecular complexity index is 1270. The number of hydrogen-bond donors (Lipinski definition) is 3. The number of aromatic nitrogens is 2. The number of nitrogens with zero attached hydrogens (tertiary/aromatic N) is 2. The van der Waals surface area contributed by atoms with Crippen LogP contribution in [0.4, 0.5) is 15.6 Å². The minimum absolute atomic E-state index is 0.309. The third kappa shape index (κ3) is 6.63. The van der Waals surface area contributed by atoms with Crippen LogP contribution in [0.3, 0.4) is 0 Å². The number of carbonyl (C=O) groups excluding carboxylic acids is 2. The lowest BCUT2D eigenvalue weighted by Gasteiger charge is -2.18. The van der Waals surface area contributed by atoms with Crippen molar-refractivity contribution in [3.8, 4) is 10.6 Å². The number of urea groups is 1. The average Bonchev–Trinajstić information content (AvgIpc) is 3.29. The zero-order valence-electron chi connectivity index (χ0n) is 17.7. The van der Waals surface area contributed by atoms with Gasteiger partial charge < -0.3 is 10.6 Å². The average molecular weight is 557 g/mol. The molecule has 7 nitrogen and oxygen atoms in total. The van der Waals surface area contributed by atoms with E-state index in [1.54, 1.807) is 24.3 Å². The molecule has 1 aromatic heterocycles. The molecular weight excluding hydrogens is 538 g/mol. The second-order valence-corrected chi connectivity index (χ2v) is 9.59. The molecule has 0 saturated heterocycles. The van der Waals surface area contributed by atoms with Crippen molar-refractivity contribution >= 4 is 61.6 Å². The van der Waals surface area contributed by atoms with E-state index in [0.29, 0.717) is 27.3 Å². The Labute approximate surface area is 213 Å². The number of anilines is 2. The van der Waals surface area contributed by atoms with E-state index in [2.05, 4.69) is 42.1 Å². The molecule has 172 valence electrons. The lowest BCUT2D eigenvalue weighted by molar-refractivity contribution is -0.117. The fourth-order valence-electron chi connectivity index (χ4n) is 3.09. The van der Waals surface area contributed by atoms with E-state index in [1.807, 2.05) is 54.6 Å². The van der Waals surface area contributed by atoms with Crippen LogP contribution >= 0.6 is 38.9 Å². The van der Waals surface area contributed by atoms with Crippen LogP contribution in [-0.2, 0) is 11.2 Å². The van der Waals surface area contributed by atoms with Crippen LogP contribution in [0, 0.1) is 0 Å². The predicted molar refractivity (Wildman–Crippen MR) is 139 cm³/mol. The molecule has 3 N–H and O–H groups in total. The largest absolute Gasteiger partial charge is 0.326 e. The van der Waals surface area contributed by atoms with Gasteiger partial charge in [-0.05, 0) is 42.0 Å². The summed E-state index contributed by atoms with van der Waals surface area (Å²) in [4.78, 5) is 25.7. The van der Waals surface area contributed by atoms with Crippen LogP contribution in [0.15, 0.2) is 83.3 Å². The van der Waals surface area contributed by atoms with Gasteiger partial charge >= 0.3 is 6.03 Å². The molecule has 10 heteroatoms. The molecule has 0 bridgehead atoms. The summed E-state index contributed by atoms with van der Waals surface area (Å²) < 4.78 is 0.898. The van der Waals surface area contributed by atoms with Gasteiger partial charge in [-0.3, -0.25) is 10.1 Å². The Balaban J connectivity index is 1.46. The van der Waals surface area contributed by atoms with E-state index in [4.69, 9.17) is 11.6 Å². The van der Waals surface area contributed by atoms with Gasteiger partial charge in [0.15, 0.2) is 0 Å². The Morgan fingerprint density at radius 1 is 0.912 bits per heavy atom. The van der Waals surface area contributed by atoms with Crippen LogP contribution in [-0.4, -0.2) is 28.2 Å². The fourth-order valence-corrected chi connectivity index (χ4v) is 4.24. The molecule has 0 saturated carbocycles. The van der Waals surface area contributed by atoms with Gasteiger partial charge in [0.1, 0.15) is 11.0 Å². The van der Waals surface area contributed by atoms with Gasteiger partial charge in [-0.2, -0.15) is 0 Å². The first-order valence-corrected chi connectivity index (χ1v) is 12.2. The third-order valence-corrected chi connectivity index (χ3v) is 6.42. The molecule has 1 heterocycles.